The molecule has 0 radical (unpaired) electrons. The van der Waals surface area contributed by atoms with Crippen LogP contribution in [0, 0.1) is 0 Å². The van der Waals surface area contributed by atoms with Crippen LogP contribution >= 0.6 is 0 Å². The van der Waals surface area contributed by atoms with Crippen molar-refractivity contribution in [1.29, 1.82) is 0 Å². The maximum absolute atomic E-state index is 9.50. The van der Waals surface area contributed by atoms with E-state index in [9.17, 15) is 4.39 Å². The van der Waals surface area contributed by atoms with Crippen LogP contribution in [-0.2, 0) is 0 Å². The van der Waals surface area contributed by atoms with Crippen molar-refractivity contribution in [3.63, 3.8) is 0 Å². The molecule has 16 heavy (non-hydrogen) atoms. The summed E-state index contributed by atoms with van der Waals surface area (Å²) in [4.78, 5) is 0. The number of benzene rings is 1. The fourth-order valence-electron chi connectivity index (χ4n) is 1.34. The highest BCUT2D eigenvalue weighted by atomic mass is 19.1. The van der Waals surface area contributed by atoms with E-state index in [0.29, 0.717) is 7.18 Å². The minimum Gasteiger partial charge on any atom is -0.458 e. The summed E-state index contributed by atoms with van der Waals surface area (Å²) in [7, 11) is 0.500. The second kappa shape index (κ2) is 6.67. The van der Waals surface area contributed by atoms with Crippen LogP contribution in [0.3, 0.4) is 0 Å². The summed E-state index contributed by atoms with van der Waals surface area (Å²) < 4.78 is 15.1. The molecule has 0 heterocycles. The Hall–Kier alpha value is -1.77. The zero-order valence-electron chi connectivity index (χ0n) is 9.32. The van der Waals surface area contributed by atoms with E-state index in [1.54, 1.807) is 0 Å². The first-order valence-corrected chi connectivity index (χ1v) is 5.12. The molecule has 2 N–H and O–H groups in total. The third-order valence-corrected chi connectivity index (χ3v) is 2.08. The number of hydrogen-bond acceptors (Lipinski definition) is 2. The van der Waals surface area contributed by atoms with Gasteiger partial charge in [0, 0.05) is 5.69 Å². The first-order valence-electron chi connectivity index (χ1n) is 5.12. The van der Waals surface area contributed by atoms with E-state index in [4.69, 9.17) is 10.5 Å². The van der Waals surface area contributed by atoms with Crippen LogP contribution < -0.4 is 10.5 Å². The van der Waals surface area contributed by atoms with Gasteiger partial charge in [-0.15, -0.1) is 0 Å². The van der Waals surface area contributed by atoms with Crippen molar-refractivity contribution >= 4 is 5.69 Å². The summed E-state index contributed by atoms with van der Waals surface area (Å²) in [6.45, 7) is 0. The molecule has 0 unspecified atom stereocenters. The summed E-state index contributed by atoms with van der Waals surface area (Å²) in [6.07, 6.45) is 8.37. The second-order valence-electron chi connectivity index (χ2n) is 3.26. The van der Waals surface area contributed by atoms with Gasteiger partial charge >= 0.3 is 0 Å². The van der Waals surface area contributed by atoms with Gasteiger partial charge in [0.2, 0.25) is 0 Å². The quantitative estimate of drug-likeness (QED) is 0.776. The van der Waals surface area contributed by atoms with Crippen molar-refractivity contribution in [2.45, 2.75) is 12.8 Å². The number of halogens is 1. The molecule has 0 bridgehead atoms. The van der Waals surface area contributed by atoms with E-state index in [0.717, 1.165) is 30.0 Å². The summed E-state index contributed by atoms with van der Waals surface area (Å²) in [5.74, 6) is 1.75. The predicted molar refractivity (Wildman–Crippen MR) is 65.0 cm³/mol. The topological polar surface area (TPSA) is 35.2 Å². The van der Waals surface area contributed by atoms with Gasteiger partial charge < -0.3 is 10.5 Å². The molecule has 0 saturated carbocycles. The minimum atomic E-state index is 0.500. The lowest BCUT2D eigenvalue weighted by Gasteiger charge is -2.09. The number of nitrogens with two attached hydrogens (primary N) is 1. The average Bonchev–Trinajstić information content (AvgIpc) is 2.36. The molecule has 1 aliphatic carbocycles. The Morgan fingerprint density at radius 3 is 2.38 bits per heavy atom. The van der Waals surface area contributed by atoms with Gasteiger partial charge in [0.05, 0.1) is 7.18 Å². The van der Waals surface area contributed by atoms with Crippen molar-refractivity contribution in [2.24, 2.45) is 0 Å². The zero-order valence-corrected chi connectivity index (χ0v) is 9.32. The largest absolute Gasteiger partial charge is 0.458 e. The molecule has 0 atom stereocenters. The fraction of sp³-hybridized carbons (Fsp3) is 0.231. The third kappa shape index (κ3) is 3.77. The number of anilines is 1. The fourth-order valence-corrected chi connectivity index (χ4v) is 1.34. The molecule has 0 spiro atoms. The Balaban J connectivity index is 0.000000606. The number of rotatable bonds is 2. The van der Waals surface area contributed by atoms with E-state index < -0.39 is 0 Å². The maximum Gasteiger partial charge on any atom is 0.127 e. The molecule has 0 amide bonds. The van der Waals surface area contributed by atoms with Crippen LogP contribution in [0.15, 0.2) is 48.3 Å². The minimum absolute atomic E-state index is 0.500. The van der Waals surface area contributed by atoms with Gasteiger partial charge in [0.1, 0.15) is 11.5 Å². The van der Waals surface area contributed by atoms with Crippen molar-refractivity contribution in [3.8, 4) is 5.75 Å². The summed E-state index contributed by atoms with van der Waals surface area (Å²) in [6, 6.07) is 7.42. The Kier molecular flexibility index (Phi) is 5.12. The lowest BCUT2D eigenvalue weighted by molar-refractivity contribution is 0.439. The molecule has 0 aromatic heterocycles. The van der Waals surface area contributed by atoms with Crippen LogP contribution in [0.1, 0.15) is 12.8 Å². The monoisotopic (exact) mass is 221 g/mol. The lowest BCUT2D eigenvalue weighted by Crippen LogP contribution is -1.95. The van der Waals surface area contributed by atoms with E-state index in [1.165, 1.54) is 0 Å². The number of allylic oxidation sites excluding steroid dienone is 3. The van der Waals surface area contributed by atoms with Gasteiger partial charge in [0.15, 0.2) is 0 Å². The van der Waals surface area contributed by atoms with Gasteiger partial charge in [-0.2, -0.15) is 0 Å². The SMILES string of the molecule is CF.Nc1ccc(OC2=CCCC=C2)cc1. The summed E-state index contributed by atoms with van der Waals surface area (Å²) in [5, 5.41) is 0. The second-order valence-corrected chi connectivity index (χ2v) is 3.26. The standard InChI is InChI=1S/C12H13NO.CH3F/c13-10-6-8-12(9-7-10)14-11-4-2-1-3-5-11;1-2/h2,4-9H,1,3,13H2;1H3. The number of alkyl halides is 1. The highest BCUT2D eigenvalue weighted by Crippen LogP contribution is 2.18. The highest BCUT2D eigenvalue weighted by molar-refractivity contribution is 5.42. The molecule has 0 saturated heterocycles. The van der Waals surface area contributed by atoms with Crippen molar-refractivity contribution in [1.82, 2.24) is 0 Å². The van der Waals surface area contributed by atoms with E-state index in [2.05, 4.69) is 12.2 Å². The summed E-state index contributed by atoms with van der Waals surface area (Å²) >= 11 is 0. The van der Waals surface area contributed by atoms with E-state index >= 15 is 0 Å². The molecular weight excluding hydrogens is 205 g/mol. The molecule has 2 rings (SSSR count). The predicted octanol–water partition coefficient (Wildman–Crippen LogP) is 3.47. The molecular formula is C13H16FNO. The molecule has 3 heteroatoms. The Bertz CT molecular complexity index is 368. The first-order chi connectivity index (χ1) is 7.84. The lowest BCUT2D eigenvalue weighted by atomic mass is 10.2. The smallest absolute Gasteiger partial charge is 0.127 e. The van der Waals surface area contributed by atoms with Gasteiger partial charge in [-0.25, -0.2) is 0 Å². The molecule has 0 fully saturated rings. The molecule has 1 aromatic carbocycles. The van der Waals surface area contributed by atoms with E-state index in [-0.39, 0.29) is 0 Å². The Morgan fingerprint density at radius 1 is 1.12 bits per heavy atom. The van der Waals surface area contributed by atoms with Crippen LogP contribution in [0.4, 0.5) is 10.1 Å². The summed E-state index contributed by atoms with van der Waals surface area (Å²) in [5.41, 5.74) is 6.33. The number of hydrogen-bond donors (Lipinski definition) is 1. The van der Waals surface area contributed by atoms with E-state index in [1.807, 2.05) is 30.3 Å². The molecule has 0 aliphatic heterocycles. The van der Waals surface area contributed by atoms with Crippen molar-refractivity contribution < 1.29 is 9.13 Å². The number of nitrogen functional groups attached to an aromatic ring is 1. The first kappa shape index (κ1) is 12.3. The zero-order chi connectivity index (χ0) is 11.8. The Morgan fingerprint density at radius 2 is 1.81 bits per heavy atom. The van der Waals surface area contributed by atoms with Crippen LogP contribution in [0.5, 0.6) is 5.75 Å². The van der Waals surface area contributed by atoms with Gasteiger partial charge in [-0.1, -0.05) is 6.08 Å². The van der Waals surface area contributed by atoms with Crippen LogP contribution in [-0.4, -0.2) is 7.18 Å². The molecule has 1 aromatic rings. The molecule has 2 nitrogen and oxygen atoms in total. The molecule has 86 valence electrons. The molecule has 1 aliphatic rings. The maximum atomic E-state index is 9.50. The van der Waals surface area contributed by atoms with Gasteiger partial charge in [0.25, 0.3) is 0 Å². The number of ether oxygens (including phenoxy) is 1. The third-order valence-electron chi connectivity index (χ3n) is 2.08. The van der Waals surface area contributed by atoms with Gasteiger partial charge in [-0.05, 0) is 49.3 Å². The van der Waals surface area contributed by atoms with Crippen molar-refractivity contribution in [3.05, 3.63) is 48.3 Å². The normalized spacial score (nSPS) is 13.5. The highest BCUT2D eigenvalue weighted by Gasteiger charge is 1.99. The van der Waals surface area contributed by atoms with Crippen molar-refractivity contribution in [2.75, 3.05) is 12.9 Å². The average molecular weight is 221 g/mol. The Labute approximate surface area is 95.2 Å². The van der Waals surface area contributed by atoms with Gasteiger partial charge in [-0.3, -0.25) is 4.39 Å². The van der Waals surface area contributed by atoms with Crippen LogP contribution in [0.25, 0.3) is 0 Å². The van der Waals surface area contributed by atoms with Crippen LogP contribution in [0.2, 0.25) is 0 Å².